The van der Waals surface area contributed by atoms with E-state index in [-0.39, 0.29) is 24.0 Å². The molecule has 0 radical (unpaired) electrons. The van der Waals surface area contributed by atoms with Crippen LogP contribution >= 0.6 is 31.9 Å². The van der Waals surface area contributed by atoms with Crippen LogP contribution in [0.3, 0.4) is 0 Å². The zero-order valence-electron chi connectivity index (χ0n) is 19.3. The van der Waals surface area contributed by atoms with Crippen LogP contribution in [0.15, 0.2) is 51.4 Å². The molecule has 0 aromatic heterocycles. The minimum atomic E-state index is -5.12. The summed E-state index contributed by atoms with van der Waals surface area (Å²) in [6.45, 7) is -1.69. The second-order valence-corrected chi connectivity index (χ2v) is 10.5. The van der Waals surface area contributed by atoms with Crippen LogP contribution in [0.2, 0.25) is 0 Å². The van der Waals surface area contributed by atoms with E-state index in [1.807, 2.05) is 0 Å². The third-order valence-corrected chi connectivity index (χ3v) is 6.57. The van der Waals surface area contributed by atoms with Crippen molar-refractivity contribution < 1.29 is 49.1 Å². The Kier molecular flexibility index (Phi) is 8.85. The number of carbonyl (C=O) groups excluding carboxylic acids is 2. The van der Waals surface area contributed by atoms with Crippen molar-refractivity contribution in [2.45, 2.75) is 42.8 Å². The van der Waals surface area contributed by atoms with Gasteiger partial charge in [0.2, 0.25) is 5.91 Å². The average Bonchev–Trinajstić information content (AvgIpc) is 3.55. The molecule has 1 atom stereocenters. The molecule has 1 unspecified atom stereocenters. The van der Waals surface area contributed by atoms with Gasteiger partial charge in [-0.3, -0.25) is 9.59 Å². The molecule has 39 heavy (non-hydrogen) atoms. The van der Waals surface area contributed by atoms with E-state index < -0.39 is 59.5 Å². The van der Waals surface area contributed by atoms with E-state index in [1.165, 1.54) is 18.2 Å². The van der Waals surface area contributed by atoms with Gasteiger partial charge in [-0.05, 0) is 54.3 Å². The molecule has 0 heterocycles. The molecule has 0 bridgehead atoms. The molecule has 0 aliphatic heterocycles. The molecule has 2 aromatic carbocycles. The SMILES string of the molecule is O=C(NC1(C(=O)NCC(F)(F)F)CC1)c1ccc(C=CC(c2cc(Br)cc(Br)c2)C(F)(F)F)cc1C(F)(F)F. The molecule has 4 nitrogen and oxygen atoms in total. The van der Waals surface area contributed by atoms with Crippen LogP contribution < -0.4 is 10.6 Å². The summed E-state index contributed by atoms with van der Waals surface area (Å²) in [5.74, 6) is -4.74. The molecule has 1 aliphatic carbocycles. The maximum atomic E-state index is 13.8. The van der Waals surface area contributed by atoms with Gasteiger partial charge >= 0.3 is 18.5 Å². The summed E-state index contributed by atoms with van der Waals surface area (Å²) in [4.78, 5) is 24.8. The van der Waals surface area contributed by atoms with Gasteiger partial charge in [-0.15, -0.1) is 0 Å². The van der Waals surface area contributed by atoms with Gasteiger partial charge in [0.25, 0.3) is 5.91 Å². The third-order valence-electron chi connectivity index (χ3n) is 5.66. The molecule has 2 N–H and O–H groups in total. The first-order chi connectivity index (χ1) is 17.8. The Labute approximate surface area is 232 Å². The van der Waals surface area contributed by atoms with Gasteiger partial charge in [0.05, 0.1) is 17.0 Å². The molecule has 3 rings (SSSR count). The molecular weight excluding hydrogens is 679 g/mol. The number of halogens is 11. The predicted octanol–water partition coefficient (Wildman–Crippen LogP) is 7.53. The number of hydrogen-bond donors (Lipinski definition) is 2. The highest BCUT2D eigenvalue weighted by atomic mass is 79.9. The lowest BCUT2D eigenvalue weighted by Crippen LogP contribution is -2.51. The van der Waals surface area contributed by atoms with Crippen molar-refractivity contribution >= 4 is 49.8 Å². The fourth-order valence-electron chi connectivity index (χ4n) is 3.64. The predicted molar refractivity (Wildman–Crippen MR) is 130 cm³/mol. The van der Waals surface area contributed by atoms with Crippen LogP contribution in [0, 0.1) is 0 Å². The summed E-state index contributed by atoms with van der Waals surface area (Å²) in [7, 11) is 0. The Morgan fingerprint density at radius 3 is 2.00 bits per heavy atom. The van der Waals surface area contributed by atoms with Crippen LogP contribution in [0.25, 0.3) is 6.08 Å². The molecule has 1 aliphatic rings. The lowest BCUT2D eigenvalue weighted by molar-refractivity contribution is -0.140. The van der Waals surface area contributed by atoms with E-state index in [1.54, 1.807) is 5.32 Å². The van der Waals surface area contributed by atoms with E-state index in [9.17, 15) is 49.1 Å². The molecule has 15 heteroatoms. The number of allylic oxidation sites excluding steroid dienone is 1. The molecule has 1 fully saturated rings. The first-order valence-electron chi connectivity index (χ1n) is 10.9. The van der Waals surface area contributed by atoms with Gasteiger partial charge in [0.15, 0.2) is 0 Å². The third kappa shape index (κ3) is 8.22. The van der Waals surface area contributed by atoms with Crippen LogP contribution in [0.5, 0.6) is 0 Å². The maximum absolute atomic E-state index is 13.8. The summed E-state index contributed by atoms with van der Waals surface area (Å²) in [5, 5.41) is 3.65. The van der Waals surface area contributed by atoms with Gasteiger partial charge in [0.1, 0.15) is 12.1 Å². The number of carbonyl (C=O) groups is 2. The Morgan fingerprint density at radius 2 is 1.51 bits per heavy atom. The van der Waals surface area contributed by atoms with Gasteiger partial charge in [-0.1, -0.05) is 50.1 Å². The van der Waals surface area contributed by atoms with Gasteiger partial charge < -0.3 is 10.6 Å². The zero-order chi connectivity index (χ0) is 29.4. The van der Waals surface area contributed by atoms with Crippen molar-refractivity contribution in [3.8, 4) is 0 Å². The number of amides is 2. The van der Waals surface area contributed by atoms with Crippen molar-refractivity contribution in [3.63, 3.8) is 0 Å². The maximum Gasteiger partial charge on any atom is 0.417 e. The van der Waals surface area contributed by atoms with Crippen LogP contribution in [-0.4, -0.2) is 36.3 Å². The summed E-state index contributed by atoms with van der Waals surface area (Å²) in [5.41, 5.74) is -4.72. The summed E-state index contributed by atoms with van der Waals surface area (Å²) >= 11 is 6.18. The number of rotatable bonds is 7. The smallest absolute Gasteiger partial charge is 0.345 e. The molecule has 0 saturated heterocycles. The van der Waals surface area contributed by atoms with E-state index >= 15 is 0 Å². The van der Waals surface area contributed by atoms with Gasteiger partial charge in [-0.25, -0.2) is 0 Å². The van der Waals surface area contributed by atoms with Crippen molar-refractivity contribution in [3.05, 3.63) is 73.7 Å². The highest BCUT2D eigenvalue weighted by Crippen LogP contribution is 2.40. The molecule has 1 saturated carbocycles. The Balaban J connectivity index is 1.89. The number of nitrogens with one attached hydrogen (secondary N) is 2. The number of benzene rings is 2. The van der Waals surface area contributed by atoms with E-state index in [2.05, 4.69) is 37.2 Å². The number of hydrogen-bond acceptors (Lipinski definition) is 2. The van der Waals surface area contributed by atoms with Crippen molar-refractivity contribution in [1.82, 2.24) is 10.6 Å². The van der Waals surface area contributed by atoms with Crippen LogP contribution in [0.1, 0.15) is 45.8 Å². The Bertz CT molecular complexity index is 1260. The fraction of sp³-hybridized carbons (Fsp3) is 0.333. The second-order valence-electron chi connectivity index (χ2n) is 8.72. The topological polar surface area (TPSA) is 58.2 Å². The van der Waals surface area contributed by atoms with Gasteiger partial charge in [0, 0.05) is 8.95 Å². The second kappa shape index (κ2) is 11.1. The molecule has 2 amide bonds. The monoisotopic (exact) mass is 694 g/mol. The minimum Gasteiger partial charge on any atom is -0.345 e. The lowest BCUT2D eigenvalue weighted by atomic mass is 9.96. The summed E-state index contributed by atoms with van der Waals surface area (Å²) in [6, 6.07) is 6.10. The largest absolute Gasteiger partial charge is 0.417 e. The minimum absolute atomic E-state index is 0.0881. The highest BCUT2D eigenvalue weighted by molar-refractivity contribution is 9.11. The Morgan fingerprint density at radius 1 is 0.923 bits per heavy atom. The van der Waals surface area contributed by atoms with E-state index in [4.69, 9.17) is 0 Å². The van der Waals surface area contributed by atoms with Gasteiger partial charge in [-0.2, -0.15) is 39.5 Å². The Hall–Kier alpha value is -2.55. The van der Waals surface area contributed by atoms with Crippen LogP contribution in [-0.2, 0) is 11.0 Å². The van der Waals surface area contributed by atoms with Crippen molar-refractivity contribution in [2.24, 2.45) is 0 Å². The highest BCUT2D eigenvalue weighted by Gasteiger charge is 2.52. The zero-order valence-corrected chi connectivity index (χ0v) is 22.5. The normalized spacial score (nSPS) is 16.2. The fourth-order valence-corrected chi connectivity index (χ4v) is 4.97. The molecule has 212 valence electrons. The quantitative estimate of drug-likeness (QED) is 0.295. The molecular formula is C24H17Br2F9N2O2. The van der Waals surface area contributed by atoms with Crippen LogP contribution in [0.4, 0.5) is 39.5 Å². The number of alkyl halides is 9. The average molecular weight is 696 g/mol. The summed E-state index contributed by atoms with van der Waals surface area (Å²) < 4.78 is 120. The van der Waals surface area contributed by atoms with E-state index in [0.717, 1.165) is 18.2 Å². The van der Waals surface area contributed by atoms with Crippen molar-refractivity contribution in [2.75, 3.05) is 6.54 Å². The molecule has 0 spiro atoms. The van der Waals surface area contributed by atoms with Crippen molar-refractivity contribution in [1.29, 1.82) is 0 Å². The first-order valence-corrected chi connectivity index (χ1v) is 12.5. The first kappa shape index (κ1) is 31.0. The standard InChI is InChI=1S/C24H17Br2F9N2O2/c25-14-8-13(9-15(26)10-14)17(23(30,31)32)4-2-12-1-3-16(18(7-12)24(33,34)35)19(38)37-21(5-6-21)20(39)36-11-22(27,28)29/h1-4,7-10,17H,5-6,11H2,(H,36,39)(H,37,38). The van der Waals surface area contributed by atoms with E-state index in [0.29, 0.717) is 21.1 Å². The lowest BCUT2D eigenvalue weighted by Gasteiger charge is -2.20. The summed E-state index contributed by atoms with van der Waals surface area (Å²) in [6.07, 6.45) is -13.3. The molecule has 2 aromatic rings.